The van der Waals surface area contributed by atoms with E-state index < -0.39 is 5.97 Å². The summed E-state index contributed by atoms with van der Waals surface area (Å²) in [4.78, 5) is 11.0. The number of aryl methyl sites for hydroxylation is 1. The van der Waals surface area contributed by atoms with E-state index in [1.807, 2.05) is 0 Å². The van der Waals surface area contributed by atoms with Crippen LogP contribution in [0.2, 0.25) is 0 Å². The van der Waals surface area contributed by atoms with Crippen LogP contribution >= 0.6 is 31.9 Å². The van der Waals surface area contributed by atoms with Crippen LogP contribution in [-0.4, -0.2) is 18.2 Å². The summed E-state index contributed by atoms with van der Waals surface area (Å²) in [6.45, 7) is 1.70. The maximum Gasteiger partial charge on any atom is 0.372 e. The Bertz CT molecular complexity index is 616. The van der Waals surface area contributed by atoms with E-state index in [2.05, 4.69) is 31.9 Å². The third-order valence-electron chi connectivity index (χ3n) is 2.47. The molecule has 4 nitrogen and oxygen atoms in total. The third-order valence-corrected chi connectivity index (χ3v) is 3.85. The lowest BCUT2D eigenvalue weighted by atomic mass is 10.1. The van der Waals surface area contributed by atoms with Gasteiger partial charge in [-0.25, -0.2) is 4.79 Å². The van der Waals surface area contributed by atoms with Crippen molar-refractivity contribution < 1.29 is 19.1 Å². The van der Waals surface area contributed by atoms with E-state index in [9.17, 15) is 4.79 Å². The number of furan rings is 1. The van der Waals surface area contributed by atoms with Crippen molar-refractivity contribution in [2.24, 2.45) is 0 Å². The molecule has 0 radical (unpaired) electrons. The number of hydrogen-bond acceptors (Lipinski definition) is 3. The van der Waals surface area contributed by atoms with Crippen LogP contribution in [0, 0.1) is 6.92 Å². The quantitative estimate of drug-likeness (QED) is 0.876. The summed E-state index contributed by atoms with van der Waals surface area (Å²) in [6.07, 6.45) is 0. The maximum absolute atomic E-state index is 11.0. The summed E-state index contributed by atoms with van der Waals surface area (Å²) in [6, 6.07) is 1.72. The van der Waals surface area contributed by atoms with Crippen molar-refractivity contribution in [2.75, 3.05) is 7.11 Å². The summed E-state index contributed by atoms with van der Waals surface area (Å²) < 4.78 is 11.9. The number of halogens is 2. The number of methoxy groups -OCH3 is 1. The lowest BCUT2D eigenvalue weighted by molar-refractivity contribution is 0.0664. The SMILES string of the molecule is COc1cc(Br)c2oc(C(=O)O)c(C)c2c1Br. The van der Waals surface area contributed by atoms with E-state index in [1.165, 1.54) is 0 Å². The van der Waals surface area contributed by atoms with Gasteiger partial charge in [0.25, 0.3) is 0 Å². The van der Waals surface area contributed by atoms with Crippen molar-refractivity contribution in [3.63, 3.8) is 0 Å². The van der Waals surface area contributed by atoms with Crippen LogP contribution in [0.4, 0.5) is 0 Å². The van der Waals surface area contributed by atoms with Gasteiger partial charge in [0.2, 0.25) is 5.76 Å². The molecule has 0 amide bonds. The van der Waals surface area contributed by atoms with Gasteiger partial charge in [0.05, 0.1) is 16.1 Å². The molecule has 17 heavy (non-hydrogen) atoms. The highest BCUT2D eigenvalue weighted by atomic mass is 79.9. The molecular weight excluding hydrogens is 356 g/mol. The summed E-state index contributed by atoms with van der Waals surface area (Å²) in [5.74, 6) is -0.531. The largest absolute Gasteiger partial charge is 0.496 e. The van der Waals surface area contributed by atoms with Crippen molar-refractivity contribution in [2.45, 2.75) is 6.92 Å². The number of aromatic carboxylic acids is 1. The van der Waals surface area contributed by atoms with Gasteiger partial charge in [-0.3, -0.25) is 0 Å². The van der Waals surface area contributed by atoms with Crippen molar-refractivity contribution >= 4 is 48.8 Å². The first-order valence-electron chi connectivity index (χ1n) is 4.65. The predicted molar refractivity (Wildman–Crippen MR) is 69.9 cm³/mol. The summed E-state index contributed by atoms with van der Waals surface area (Å²) in [5, 5.41) is 9.72. The highest BCUT2D eigenvalue weighted by Gasteiger charge is 2.22. The van der Waals surface area contributed by atoms with Gasteiger partial charge in [-0.2, -0.15) is 0 Å². The standard InChI is InChI=1S/C11H8Br2O4/c1-4-7-8(13)6(16-2)3-5(12)10(7)17-9(4)11(14)15/h3H,1-2H3,(H,14,15). The van der Waals surface area contributed by atoms with E-state index in [0.717, 1.165) is 0 Å². The minimum Gasteiger partial charge on any atom is -0.496 e. The molecule has 0 aliphatic heterocycles. The normalized spacial score (nSPS) is 10.8. The minimum atomic E-state index is -1.09. The average molecular weight is 364 g/mol. The zero-order valence-corrected chi connectivity index (χ0v) is 12.2. The molecule has 0 aliphatic rings. The minimum absolute atomic E-state index is 0.0605. The van der Waals surface area contributed by atoms with Gasteiger partial charge in [-0.05, 0) is 44.8 Å². The molecule has 0 aliphatic carbocycles. The molecule has 0 saturated carbocycles. The number of carboxylic acids is 1. The lowest BCUT2D eigenvalue weighted by Gasteiger charge is -2.05. The first-order valence-corrected chi connectivity index (χ1v) is 6.24. The van der Waals surface area contributed by atoms with Gasteiger partial charge >= 0.3 is 5.97 Å². The molecule has 6 heteroatoms. The second kappa shape index (κ2) is 4.34. The zero-order chi connectivity index (χ0) is 12.7. The van der Waals surface area contributed by atoms with E-state index in [1.54, 1.807) is 20.1 Å². The lowest BCUT2D eigenvalue weighted by Crippen LogP contribution is -1.95. The number of fused-ring (bicyclic) bond motifs is 1. The van der Waals surface area contributed by atoms with Gasteiger partial charge < -0.3 is 14.3 Å². The van der Waals surface area contributed by atoms with Crippen molar-refractivity contribution in [1.29, 1.82) is 0 Å². The zero-order valence-electron chi connectivity index (χ0n) is 9.01. The number of carboxylic acid groups (broad SMARTS) is 1. The Labute approximate surface area is 114 Å². The molecule has 2 aromatic rings. The number of hydrogen-bond donors (Lipinski definition) is 1. The number of ether oxygens (including phenoxy) is 1. The second-order valence-corrected chi connectivity index (χ2v) is 5.09. The van der Waals surface area contributed by atoms with Gasteiger partial charge in [0, 0.05) is 10.9 Å². The maximum atomic E-state index is 11.0. The monoisotopic (exact) mass is 362 g/mol. The van der Waals surface area contributed by atoms with Crippen molar-refractivity contribution in [3.05, 3.63) is 26.3 Å². The van der Waals surface area contributed by atoms with Gasteiger partial charge in [0.1, 0.15) is 5.75 Å². The van der Waals surface area contributed by atoms with Crippen LogP contribution in [0.3, 0.4) is 0 Å². The van der Waals surface area contributed by atoms with Crippen LogP contribution in [-0.2, 0) is 0 Å². The fraction of sp³-hybridized carbons (Fsp3) is 0.182. The average Bonchev–Trinajstić information content (AvgIpc) is 2.62. The molecule has 0 atom stereocenters. The number of benzene rings is 1. The van der Waals surface area contributed by atoms with Crippen LogP contribution in [0.15, 0.2) is 19.4 Å². The Hall–Kier alpha value is -1.01. The van der Waals surface area contributed by atoms with Crippen molar-refractivity contribution in [1.82, 2.24) is 0 Å². The van der Waals surface area contributed by atoms with E-state index in [-0.39, 0.29) is 5.76 Å². The molecule has 1 aromatic heterocycles. The molecular formula is C11H8Br2O4. The smallest absolute Gasteiger partial charge is 0.372 e. The summed E-state index contributed by atoms with van der Waals surface area (Å²) >= 11 is 6.72. The molecule has 2 rings (SSSR count). The van der Waals surface area contributed by atoms with Crippen LogP contribution in [0.5, 0.6) is 5.75 Å². The highest BCUT2D eigenvalue weighted by molar-refractivity contribution is 9.11. The topological polar surface area (TPSA) is 59.7 Å². The molecule has 1 aromatic carbocycles. The molecule has 1 N–H and O–H groups in total. The van der Waals surface area contributed by atoms with Crippen LogP contribution < -0.4 is 4.74 Å². The van der Waals surface area contributed by atoms with Gasteiger partial charge in [-0.1, -0.05) is 0 Å². The van der Waals surface area contributed by atoms with Gasteiger partial charge in [0.15, 0.2) is 5.58 Å². The fourth-order valence-corrected chi connectivity index (χ4v) is 2.91. The Balaban J connectivity index is 2.92. The molecule has 1 heterocycles. The van der Waals surface area contributed by atoms with Crippen LogP contribution in [0.1, 0.15) is 16.1 Å². The first kappa shape index (κ1) is 12.4. The molecule has 0 saturated heterocycles. The number of rotatable bonds is 2. The van der Waals surface area contributed by atoms with Gasteiger partial charge in [-0.15, -0.1) is 0 Å². The van der Waals surface area contributed by atoms with E-state index in [4.69, 9.17) is 14.3 Å². The van der Waals surface area contributed by atoms with Crippen LogP contribution in [0.25, 0.3) is 11.0 Å². The molecule has 0 unspecified atom stereocenters. The highest BCUT2D eigenvalue weighted by Crippen LogP contribution is 2.41. The Morgan fingerprint density at radius 1 is 1.47 bits per heavy atom. The molecule has 0 bridgehead atoms. The Morgan fingerprint density at radius 3 is 2.65 bits per heavy atom. The van der Waals surface area contributed by atoms with Crippen molar-refractivity contribution in [3.8, 4) is 5.75 Å². The first-order chi connectivity index (χ1) is 7.97. The predicted octanol–water partition coefficient (Wildman–Crippen LogP) is 3.97. The van der Waals surface area contributed by atoms with E-state index >= 15 is 0 Å². The second-order valence-electron chi connectivity index (χ2n) is 3.44. The number of carbonyl (C=O) groups is 1. The molecule has 90 valence electrons. The summed E-state index contributed by atoms with van der Waals surface area (Å²) in [7, 11) is 1.55. The Morgan fingerprint density at radius 2 is 2.12 bits per heavy atom. The molecule has 0 spiro atoms. The third kappa shape index (κ3) is 1.85. The summed E-state index contributed by atoms with van der Waals surface area (Å²) in [5.41, 5.74) is 1.06. The Kier molecular flexibility index (Phi) is 3.18. The molecule has 0 fully saturated rings. The fourth-order valence-electron chi connectivity index (χ4n) is 1.67. The van der Waals surface area contributed by atoms with E-state index in [0.29, 0.717) is 31.2 Å².